The molecule has 4 nitrogen and oxygen atoms in total. The number of ether oxygens (including phenoxy) is 1. The van der Waals surface area contributed by atoms with Crippen LogP contribution in [0.15, 0.2) is 54.6 Å². The van der Waals surface area contributed by atoms with Gasteiger partial charge in [0, 0.05) is 37.6 Å². The molecule has 0 radical (unpaired) electrons. The molecule has 1 spiro atoms. The Labute approximate surface area is 173 Å². The summed E-state index contributed by atoms with van der Waals surface area (Å²) in [4.78, 5) is 2.52. The molecular formula is C25H29N3O. The van der Waals surface area contributed by atoms with E-state index in [1.807, 2.05) is 12.1 Å². The molecule has 2 saturated heterocycles. The van der Waals surface area contributed by atoms with Crippen LogP contribution in [0.2, 0.25) is 0 Å². The fraction of sp³-hybridized carbons (Fsp3) is 0.480. The maximum Gasteiger partial charge on any atom is 0.0991 e. The SMILES string of the molecule is N#Cc1ccc(CN2CCC3(CC2)CC(N[C@@H]2C[C@H]2c2ccccc2)CO3)cc1. The van der Waals surface area contributed by atoms with Gasteiger partial charge < -0.3 is 10.1 Å². The summed E-state index contributed by atoms with van der Waals surface area (Å²) in [6.45, 7) is 3.99. The average molecular weight is 388 g/mol. The van der Waals surface area contributed by atoms with E-state index in [2.05, 4.69) is 58.8 Å². The van der Waals surface area contributed by atoms with E-state index in [4.69, 9.17) is 10.00 Å². The van der Waals surface area contributed by atoms with Crippen LogP contribution < -0.4 is 5.32 Å². The fourth-order valence-electron chi connectivity index (χ4n) is 5.11. The summed E-state index contributed by atoms with van der Waals surface area (Å²) in [5.74, 6) is 0.682. The van der Waals surface area contributed by atoms with Gasteiger partial charge in [0.05, 0.1) is 23.8 Å². The van der Waals surface area contributed by atoms with Gasteiger partial charge in [-0.25, -0.2) is 0 Å². The van der Waals surface area contributed by atoms with Crippen LogP contribution in [0.1, 0.15) is 48.3 Å². The molecule has 1 N–H and O–H groups in total. The van der Waals surface area contributed by atoms with Crippen LogP contribution in [-0.4, -0.2) is 42.3 Å². The van der Waals surface area contributed by atoms with Crippen LogP contribution in [0.25, 0.3) is 0 Å². The van der Waals surface area contributed by atoms with Crippen LogP contribution in [0.5, 0.6) is 0 Å². The Morgan fingerprint density at radius 3 is 2.55 bits per heavy atom. The first kappa shape index (κ1) is 18.8. The summed E-state index contributed by atoms with van der Waals surface area (Å²) in [6.07, 6.45) is 4.64. The number of likely N-dealkylation sites (tertiary alicyclic amines) is 1. The summed E-state index contributed by atoms with van der Waals surface area (Å²) >= 11 is 0. The topological polar surface area (TPSA) is 48.3 Å². The third-order valence-electron chi connectivity index (χ3n) is 6.93. The first-order valence-corrected chi connectivity index (χ1v) is 10.9. The number of nitrogens with one attached hydrogen (secondary N) is 1. The Kier molecular flexibility index (Phi) is 5.13. The molecule has 29 heavy (non-hydrogen) atoms. The van der Waals surface area contributed by atoms with Gasteiger partial charge in [0.25, 0.3) is 0 Å². The molecule has 0 bridgehead atoms. The van der Waals surface area contributed by atoms with Gasteiger partial charge in [0.2, 0.25) is 0 Å². The lowest BCUT2D eigenvalue weighted by atomic mass is 9.87. The van der Waals surface area contributed by atoms with Crippen LogP contribution in [0, 0.1) is 11.3 Å². The number of benzene rings is 2. The first-order valence-electron chi connectivity index (χ1n) is 10.9. The second-order valence-electron chi connectivity index (χ2n) is 9.01. The molecule has 5 rings (SSSR count). The molecular weight excluding hydrogens is 358 g/mol. The number of nitrogens with zero attached hydrogens (tertiary/aromatic N) is 2. The average Bonchev–Trinajstić information content (AvgIpc) is 3.43. The fourth-order valence-corrected chi connectivity index (χ4v) is 5.11. The molecule has 0 aromatic heterocycles. The molecule has 1 aliphatic carbocycles. The maximum atomic E-state index is 8.94. The third kappa shape index (κ3) is 4.23. The summed E-state index contributed by atoms with van der Waals surface area (Å²) in [7, 11) is 0. The Balaban J connectivity index is 1.09. The number of hydrogen-bond acceptors (Lipinski definition) is 4. The molecule has 4 heteroatoms. The summed E-state index contributed by atoms with van der Waals surface area (Å²) in [6, 6.07) is 22.2. The quantitative estimate of drug-likeness (QED) is 0.847. The first-order chi connectivity index (χ1) is 14.2. The Morgan fingerprint density at radius 1 is 1.07 bits per heavy atom. The van der Waals surface area contributed by atoms with Crippen LogP contribution in [0.3, 0.4) is 0 Å². The van der Waals surface area contributed by atoms with Crippen molar-refractivity contribution in [3.05, 3.63) is 71.3 Å². The normalized spacial score (nSPS) is 28.3. The van der Waals surface area contributed by atoms with E-state index < -0.39 is 0 Å². The minimum absolute atomic E-state index is 0.0793. The molecule has 150 valence electrons. The van der Waals surface area contributed by atoms with Crippen molar-refractivity contribution in [3.8, 4) is 6.07 Å². The smallest absolute Gasteiger partial charge is 0.0991 e. The standard InChI is InChI=1S/C25H29N3O/c26-16-19-6-8-20(9-7-19)17-28-12-10-25(11-13-28)15-22(18-29-25)27-24-14-23(24)21-4-2-1-3-5-21/h1-9,22-24,27H,10-15,17-18H2/t22?,23-,24+/m0/s1. The molecule has 2 aromatic carbocycles. The Hall–Kier alpha value is -2.19. The zero-order chi connectivity index (χ0) is 19.7. The number of hydrogen-bond donors (Lipinski definition) is 1. The van der Waals surface area contributed by atoms with E-state index in [0.717, 1.165) is 51.1 Å². The molecule has 3 aliphatic rings. The molecule has 1 unspecified atom stereocenters. The molecule has 1 saturated carbocycles. The van der Waals surface area contributed by atoms with Crippen molar-refractivity contribution in [2.24, 2.45) is 0 Å². The van der Waals surface area contributed by atoms with Gasteiger partial charge in [0.15, 0.2) is 0 Å². The highest BCUT2D eigenvalue weighted by Gasteiger charge is 2.46. The van der Waals surface area contributed by atoms with Gasteiger partial charge in [0.1, 0.15) is 0 Å². The summed E-state index contributed by atoms with van der Waals surface area (Å²) in [5, 5.41) is 12.8. The number of rotatable bonds is 5. The van der Waals surface area contributed by atoms with E-state index in [-0.39, 0.29) is 5.60 Å². The van der Waals surface area contributed by atoms with Crippen molar-refractivity contribution < 1.29 is 4.74 Å². The van der Waals surface area contributed by atoms with Gasteiger partial charge in [-0.3, -0.25) is 4.90 Å². The molecule has 3 fully saturated rings. The van der Waals surface area contributed by atoms with Crippen molar-refractivity contribution in [1.82, 2.24) is 10.2 Å². The molecule has 2 aliphatic heterocycles. The van der Waals surface area contributed by atoms with E-state index in [0.29, 0.717) is 18.0 Å². The Morgan fingerprint density at radius 2 is 1.83 bits per heavy atom. The molecule has 2 heterocycles. The lowest BCUT2D eigenvalue weighted by Crippen LogP contribution is -2.44. The molecule has 0 amide bonds. The van der Waals surface area contributed by atoms with E-state index in [1.54, 1.807) is 0 Å². The minimum atomic E-state index is 0.0793. The number of nitriles is 1. The van der Waals surface area contributed by atoms with E-state index >= 15 is 0 Å². The number of piperidine rings is 1. The summed E-state index contributed by atoms with van der Waals surface area (Å²) < 4.78 is 6.37. The van der Waals surface area contributed by atoms with Crippen molar-refractivity contribution >= 4 is 0 Å². The third-order valence-corrected chi connectivity index (χ3v) is 6.93. The monoisotopic (exact) mass is 387 g/mol. The predicted molar refractivity (Wildman–Crippen MR) is 113 cm³/mol. The molecule has 2 aromatic rings. The lowest BCUT2D eigenvalue weighted by molar-refractivity contribution is -0.0449. The second-order valence-corrected chi connectivity index (χ2v) is 9.01. The van der Waals surface area contributed by atoms with Crippen LogP contribution in [0.4, 0.5) is 0 Å². The largest absolute Gasteiger partial charge is 0.373 e. The molecule has 3 atom stereocenters. The highest BCUT2D eigenvalue weighted by Crippen LogP contribution is 2.43. The van der Waals surface area contributed by atoms with Gasteiger partial charge in [-0.1, -0.05) is 42.5 Å². The summed E-state index contributed by atoms with van der Waals surface area (Å²) in [5.41, 5.74) is 3.56. The van der Waals surface area contributed by atoms with E-state index in [9.17, 15) is 0 Å². The van der Waals surface area contributed by atoms with E-state index in [1.165, 1.54) is 17.5 Å². The highest BCUT2D eigenvalue weighted by molar-refractivity contribution is 5.31. The Bertz CT molecular complexity index is 865. The minimum Gasteiger partial charge on any atom is -0.373 e. The van der Waals surface area contributed by atoms with Crippen molar-refractivity contribution in [3.63, 3.8) is 0 Å². The van der Waals surface area contributed by atoms with Crippen molar-refractivity contribution in [2.75, 3.05) is 19.7 Å². The van der Waals surface area contributed by atoms with Gasteiger partial charge in [-0.15, -0.1) is 0 Å². The van der Waals surface area contributed by atoms with Crippen LogP contribution >= 0.6 is 0 Å². The van der Waals surface area contributed by atoms with Crippen molar-refractivity contribution in [2.45, 2.75) is 55.8 Å². The van der Waals surface area contributed by atoms with Crippen molar-refractivity contribution in [1.29, 1.82) is 5.26 Å². The second kappa shape index (κ2) is 7.91. The van der Waals surface area contributed by atoms with Crippen LogP contribution in [-0.2, 0) is 11.3 Å². The lowest BCUT2D eigenvalue weighted by Gasteiger charge is -2.38. The highest BCUT2D eigenvalue weighted by atomic mass is 16.5. The zero-order valence-corrected chi connectivity index (χ0v) is 16.9. The van der Waals surface area contributed by atoms with Gasteiger partial charge in [-0.05, 0) is 48.9 Å². The van der Waals surface area contributed by atoms with Gasteiger partial charge in [-0.2, -0.15) is 5.26 Å². The van der Waals surface area contributed by atoms with Gasteiger partial charge >= 0.3 is 0 Å². The zero-order valence-electron chi connectivity index (χ0n) is 16.9. The predicted octanol–water partition coefficient (Wildman–Crippen LogP) is 3.83. The maximum absolute atomic E-state index is 8.94.